The molecule has 0 radical (unpaired) electrons. The molecule has 0 aliphatic carbocycles. The molecule has 0 aliphatic rings. The predicted molar refractivity (Wildman–Crippen MR) is 72.5 cm³/mol. The van der Waals surface area contributed by atoms with Crippen LogP contribution in [-0.4, -0.2) is 20.3 Å². The van der Waals surface area contributed by atoms with E-state index < -0.39 is 0 Å². The van der Waals surface area contributed by atoms with Crippen LogP contribution in [0, 0.1) is 0 Å². The number of hydrogen-bond donors (Lipinski definition) is 1. The normalized spacial score (nSPS) is 10.4. The Labute approximate surface area is 109 Å². The fraction of sp³-hybridized carbons (Fsp3) is 0.250. The highest BCUT2D eigenvalue weighted by atomic mass is 32.2. The molecule has 0 fully saturated rings. The average molecular weight is 262 g/mol. The molecule has 18 heavy (non-hydrogen) atoms. The minimum absolute atomic E-state index is 0.0174. The van der Waals surface area contributed by atoms with E-state index in [0.29, 0.717) is 12.2 Å². The molecule has 0 bridgehead atoms. The van der Waals surface area contributed by atoms with Gasteiger partial charge in [0.1, 0.15) is 6.33 Å². The van der Waals surface area contributed by atoms with Crippen molar-refractivity contribution in [1.29, 1.82) is 0 Å². The van der Waals surface area contributed by atoms with Crippen molar-refractivity contribution in [2.45, 2.75) is 18.0 Å². The van der Waals surface area contributed by atoms with E-state index >= 15 is 0 Å². The predicted octanol–water partition coefficient (Wildman–Crippen LogP) is 1.40. The third-order valence-electron chi connectivity index (χ3n) is 2.35. The summed E-state index contributed by atoms with van der Waals surface area (Å²) in [5.41, 5.74) is 6.23. The highest BCUT2D eigenvalue weighted by Crippen LogP contribution is 2.14. The van der Waals surface area contributed by atoms with Gasteiger partial charge in [0.25, 0.3) is 5.56 Å². The maximum atomic E-state index is 11.5. The van der Waals surface area contributed by atoms with Crippen molar-refractivity contribution in [3.05, 3.63) is 47.3 Å². The minimum atomic E-state index is -0.0174. The van der Waals surface area contributed by atoms with Crippen molar-refractivity contribution >= 4 is 17.4 Å². The first-order valence-electron chi connectivity index (χ1n) is 5.60. The molecule has 94 valence electrons. The van der Waals surface area contributed by atoms with Gasteiger partial charge >= 0.3 is 0 Å². The standard InChI is InChI=1S/C12H14N4OS/c13-10-2-3-12(17)16(8-10)6-1-7-18-11-4-5-14-9-15-11/h2-5,8-9H,1,6-7,13H2. The van der Waals surface area contributed by atoms with E-state index in [4.69, 9.17) is 5.73 Å². The van der Waals surface area contributed by atoms with Gasteiger partial charge < -0.3 is 10.3 Å². The molecule has 6 heteroatoms. The van der Waals surface area contributed by atoms with Crippen LogP contribution in [0.15, 0.2) is 46.7 Å². The number of nitrogens with two attached hydrogens (primary N) is 1. The molecule has 2 N–H and O–H groups in total. The fourth-order valence-corrected chi connectivity index (χ4v) is 2.26. The highest BCUT2D eigenvalue weighted by Gasteiger charge is 1.98. The Bertz CT molecular complexity index is 556. The second-order valence-electron chi connectivity index (χ2n) is 3.74. The van der Waals surface area contributed by atoms with Crippen molar-refractivity contribution in [3.63, 3.8) is 0 Å². The topological polar surface area (TPSA) is 73.8 Å². The lowest BCUT2D eigenvalue weighted by Gasteiger charge is -2.05. The van der Waals surface area contributed by atoms with Crippen molar-refractivity contribution in [1.82, 2.24) is 14.5 Å². The summed E-state index contributed by atoms with van der Waals surface area (Å²) in [4.78, 5) is 19.5. The number of pyridine rings is 1. The molecule has 0 saturated heterocycles. The molecular formula is C12H14N4OS. The quantitative estimate of drug-likeness (QED) is 0.501. The smallest absolute Gasteiger partial charge is 0.250 e. The molecule has 0 amide bonds. The van der Waals surface area contributed by atoms with Gasteiger partial charge in [-0.2, -0.15) is 0 Å². The number of aromatic nitrogens is 3. The summed E-state index contributed by atoms with van der Waals surface area (Å²) < 4.78 is 1.63. The van der Waals surface area contributed by atoms with E-state index in [2.05, 4.69) is 9.97 Å². The molecule has 0 aromatic carbocycles. The highest BCUT2D eigenvalue weighted by molar-refractivity contribution is 7.99. The van der Waals surface area contributed by atoms with E-state index in [-0.39, 0.29) is 5.56 Å². The molecule has 0 spiro atoms. The molecule has 5 nitrogen and oxygen atoms in total. The zero-order valence-electron chi connectivity index (χ0n) is 9.82. The molecular weight excluding hydrogens is 248 g/mol. The van der Waals surface area contributed by atoms with Crippen LogP contribution < -0.4 is 11.3 Å². The molecule has 2 heterocycles. The van der Waals surface area contributed by atoms with Crippen LogP contribution in [0.2, 0.25) is 0 Å². The van der Waals surface area contributed by atoms with Crippen LogP contribution >= 0.6 is 11.8 Å². The van der Waals surface area contributed by atoms with Gasteiger partial charge in [-0.3, -0.25) is 4.79 Å². The Morgan fingerprint density at radius 2 is 2.22 bits per heavy atom. The molecule has 0 saturated carbocycles. The van der Waals surface area contributed by atoms with Crippen molar-refractivity contribution < 1.29 is 0 Å². The van der Waals surface area contributed by atoms with Crippen LogP contribution in [0.25, 0.3) is 0 Å². The lowest BCUT2D eigenvalue weighted by molar-refractivity contribution is 0.660. The van der Waals surface area contributed by atoms with Crippen LogP contribution in [0.1, 0.15) is 6.42 Å². The third-order valence-corrected chi connectivity index (χ3v) is 3.38. The summed E-state index contributed by atoms with van der Waals surface area (Å²) >= 11 is 1.65. The largest absolute Gasteiger partial charge is 0.398 e. The minimum Gasteiger partial charge on any atom is -0.398 e. The molecule has 2 rings (SSSR count). The molecule has 2 aromatic rings. The molecule has 0 unspecified atom stereocenters. The van der Waals surface area contributed by atoms with E-state index in [1.54, 1.807) is 34.8 Å². The zero-order valence-corrected chi connectivity index (χ0v) is 10.6. The Morgan fingerprint density at radius 3 is 3.00 bits per heavy atom. The summed E-state index contributed by atoms with van der Waals surface area (Å²) in [6.45, 7) is 0.669. The summed E-state index contributed by atoms with van der Waals surface area (Å²) in [6, 6.07) is 4.98. The number of nitrogen functional groups attached to an aromatic ring is 1. The molecule has 0 aliphatic heterocycles. The van der Waals surface area contributed by atoms with Gasteiger partial charge in [0.05, 0.1) is 5.03 Å². The number of nitrogens with zero attached hydrogens (tertiary/aromatic N) is 3. The van der Waals surface area contributed by atoms with E-state index in [9.17, 15) is 4.79 Å². The van der Waals surface area contributed by atoms with Gasteiger partial charge in [-0.1, -0.05) is 0 Å². The maximum absolute atomic E-state index is 11.5. The third kappa shape index (κ3) is 3.59. The average Bonchev–Trinajstić information content (AvgIpc) is 2.40. The second kappa shape index (κ2) is 6.20. The van der Waals surface area contributed by atoms with E-state index in [1.807, 2.05) is 6.07 Å². The SMILES string of the molecule is Nc1ccc(=O)n(CCCSc2ccncn2)c1. The van der Waals surface area contributed by atoms with Crippen molar-refractivity contribution in [2.24, 2.45) is 0 Å². The Kier molecular flexibility index (Phi) is 4.35. The van der Waals surface area contributed by atoms with Crippen LogP contribution in [0.4, 0.5) is 5.69 Å². The first-order chi connectivity index (χ1) is 8.75. The monoisotopic (exact) mass is 262 g/mol. The lowest BCUT2D eigenvalue weighted by Crippen LogP contribution is -2.19. The van der Waals surface area contributed by atoms with Crippen LogP contribution in [0.5, 0.6) is 0 Å². The number of aryl methyl sites for hydroxylation is 1. The Morgan fingerprint density at radius 1 is 1.33 bits per heavy atom. The number of anilines is 1. The van der Waals surface area contributed by atoms with Gasteiger partial charge in [0.15, 0.2) is 0 Å². The van der Waals surface area contributed by atoms with Crippen molar-refractivity contribution in [3.8, 4) is 0 Å². The van der Waals surface area contributed by atoms with E-state index in [0.717, 1.165) is 17.2 Å². The first-order valence-corrected chi connectivity index (χ1v) is 6.59. The van der Waals surface area contributed by atoms with Gasteiger partial charge in [0, 0.05) is 36.4 Å². The van der Waals surface area contributed by atoms with Crippen LogP contribution in [-0.2, 0) is 6.54 Å². The van der Waals surface area contributed by atoms with Gasteiger partial charge in [-0.15, -0.1) is 11.8 Å². The van der Waals surface area contributed by atoms with Crippen LogP contribution in [0.3, 0.4) is 0 Å². The van der Waals surface area contributed by atoms with Gasteiger partial charge in [-0.25, -0.2) is 9.97 Å². The Balaban J connectivity index is 1.82. The second-order valence-corrected chi connectivity index (χ2v) is 4.86. The van der Waals surface area contributed by atoms with E-state index in [1.165, 1.54) is 12.4 Å². The summed E-state index contributed by atoms with van der Waals surface area (Å²) in [5.74, 6) is 0.901. The fourth-order valence-electron chi connectivity index (χ4n) is 1.50. The zero-order chi connectivity index (χ0) is 12.8. The lowest BCUT2D eigenvalue weighted by atomic mass is 10.4. The maximum Gasteiger partial charge on any atom is 0.250 e. The van der Waals surface area contributed by atoms with Crippen molar-refractivity contribution in [2.75, 3.05) is 11.5 Å². The number of thioether (sulfide) groups is 1. The first kappa shape index (κ1) is 12.6. The van der Waals surface area contributed by atoms with Gasteiger partial charge in [-0.05, 0) is 18.6 Å². The Hall–Kier alpha value is -1.82. The van der Waals surface area contributed by atoms with Gasteiger partial charge in [0.2, 0.25) is 0 Å². The summed E-state index contributed by atoms with van der Waals surface area (Å²) in [6.07, 6.45) is 5.82. The molecule has 2 aromatic heterocycles. The summed E-state index contributed by atoms with van der Waals surface area (Å²) in [5, 5.41) is 0.949. The summed E-state index contributed by atoms with van der Waals surface area (Å²) in [7, 11) is 0. The number of rotatable bonds is 5. The molecule has 0 atom stereocenters. The number of hydrogen-bond acceptors (Lipinski definition) is 5.